The Kier molecular flexibility index (Phi) is 2.35. The Morgan fingerprint density at radius 1 is 0.833 bits per heavy atom. The molecule has 3 rings (SSSR count). The van der Waals surface area contributed by atoms with Crippen LogP contribution >= 0.6 is 15.9 Å². The zero-order valence-electron chi connectivity index (χ0n) is 9.11. The first kappa shape index (κ1) is 11.2. The van der Waals surface area contributed by atoms with E-state index in [2.05, 4.69) is 15.9 Å². The van der Waals surface area contributed by atoms with Crippen molar-refractivity contribution in [1.82, 2.24) is 0 Å². The van der Waals surface area contributed by atoms with Gasteiger partial charge in [0, 0.05) is 16.7 Å². The SMILES string of the molecule is O=C1c2ccccc2C(=O)c2c1ccc(O)c2Br. The summed E-state index contributed by atoms with van der Waals surface area (Å²) < 4.78 is 0.271. The highest BCUT2D eigenvalue weighted by Crippen LogP contribution is 2.36. The third-order valence-electron chi connectivity index (χ3n) is 3.01. The summed E-state index contributed by atoms with van der Waals surface area (Å²) in [4.78, 5) is 24.6. The van der Waals surface area contributed by atoms with Crippen molar-refractivity contribution in [2.24, 2.45) is 0 Å². The average Bonchev–Trinajstić information content (AvgIpc) is 2.39. The zero-order valence-corrected chi connectivity index (χ0v) is 10.7. The first-order chi connectivity index (χ1) is 8.61. The van der Waals surface area contributed by atoms with Gasteiger partial charge in [-0.25, -0.2) is 0 Å². The molecule has 1 aliphatic rings. The molecular weight excluding hydrogens is 296 g/mol. The van der Waals surface area contributed by atoms with Crippen molar-refractivity contribution in [2.75, 3.05) is 0 Å². The van der Waals surface area contributed by atoms with E-state index < -0.39 is 0 Å². The Labute approximate surface area is 111 Å². The van der Waals surface area contributed by atoms with Crippen LogP contribution in [0.25, 0.3) is 0 Å². The van der Waals surface area contributed by atoms with Crippen LogP contribution in [0.3, 0.4) is 0 Å². The fourth-order valence-corrected chi connectivity index (χ4v) is 2.66. The van der Waals surface area contributed by atoms with Crippen LogP contribution in [0.15, 0.2) is 40.9 Å². The Morgan fingerprint density at radius 3 is 2.11 bits per heavy atom. The number of hydrogen-bond donors (Lipinski definition) is 1. The lowest BCUT2D eigenvalue weighted by atomic mass is 9.84. The predicted octanol–water partition coefficient (Wildman–Crippen LogP) is 2.93. The number of ketones is 2. The summed E-state index contributed by atoms with van der Waals surface area (Å²) in [6.45, 7) is 0. The molecule has 0 amide bonds. The second-order valence-electron chi connectivity index (χ2n) is 4.03. The second-order valence-corrected chi connectivity index (χ2v) is 4.82. The summed E-state index contributed by atoms with van der Waals surface area (Å²) in [5.74, 6) is -0.488. The van der Waals surface area contributed by atoms with E-state index in [0.29, 0.717) is 16.7 Å². The Hall–Kier alpha value is -1.94. The van der Waals surface area contributed by atoms with Crippen molar-refractivity contribution in [2.45, 2.75) is 0 Å². The van der Waals surface area contributed by atoms with Crippen molar-refractivity contribution in [3.63, 3.8) is 0 Å². The van der Waals surface area contributed by atoms with Crippen LogP contribution in [-0.4, -0.2) is 16.7 Å². The maximum atomic E-state index is 12.3. The highest BCUT2D eigenvalue weighted by atomic mass is 79.9. The van der Waals surface area contributed by atoms with E-state index in [1.807, 2.05) is 0 Å². The van der Waals surface area contributed by atoms with Gasteiger partial charge < -0.3 is 5.11 Å². The number of aromatic hydroxyl groups is 1. The molecule has 0 saturated heterocycles. The van der Waals surface area contributed by atoms with E-state index in [1.54, 1.807) is 24.3 Å². The van der Waals surface area contributed by atoms with Gasteiger partial charge in [-0.2, -0.15) is 0 Å². The fraction of sp³-hybridized carbons (Fsp3) is 0. The molecule has 0 heterocycles. The molecule has 0 aliphatic heterocycles. The van der Waals surface area contributed by atoms with Crippen LogP contribution in [0, 0.1) is 0 Å². The molecule has 2 aromatic carbocycles. The standard InChI is InChI=1S/C14H7BrO3/c15-12-10(16)6-5-9-11(12)14(18)8-4-2-1-3-7(8)13(9)17/h1-6,16H. The van der Waals surface area contributed by atoms with Crippen molar-refractivity contribution < 1.29 is 14.7 Å². The molecule has 0 radical (unpaired) electrons. The molecule has 3 nitrogen and oxygen atoms in total. The first-order valence-electron chi connectivity index (χ1n) is 5.31. The van der Waals surface area contributed by atoms with E-state index in [0.717, 1.165) is 0 Å². The number of phenols is 1. The van der Waals surface area contributed by atoms with Gasteiger partial charge in [-0.15, -0.1) is 0 Å². The molecule has 1 aliphatic carbocycles. The zero-order chi connectivity index (χ0) is 12.9. The molecule has 2 aromatic rings. The number of fused-ring (bicyclic) bond motifs is 2. The smallest absolute Gasteiger partial charge is 0.195 e. The Bertz CT molecular complexity index is 704. The summed E-state index contributed by atoms with van der Waals surface area (Å²) in [5, 5.41) is 9.62. The monoisotopic (exact) mass is 302 g/mol. The molecule has 88 valence electrons. The van der Waals surface area contributed by atoms with Crippen molar-refractivity contribution in [3.8, 4) is 5.75 Å². The van der Waals surface area contributed by atoms with Crippen LogP contribution < -0.4 is 0 Å². The largest absolute Gasteiger partial charge is 0.507 e. The molecule has 0 unspecified atom stereocenters. The molecular formula is C14H7BrO3. The van der Waals surface area contributed by atoms with Crippen LogP contribution in [-0.2, 0) is 0 Å². The van der Waals surface area contributed by atoms with Gasteiger partial charge in [0.25, 0.3) is 0 Å². The molecule has 1 N–H and O–H groups in total. The normalized spacial score (nSPS) is 13.2. The molecule has 0 atom stereocenters. The van der Waals surface area contributed by atoms with Gasteiger partial charge in [0.2, 0.25) is 0 Å². The van der Waals surface area contributed by atoms with Crippen LogP contribution in [0.5, 0.6) is 5.75 Å². The summed E-state index contributed by atoms with van der Waals surface area (Å²) in [7, 11) is 0. The summed E-state index contributed by atoms with van der Waals surface area (Å²) >= 11 is 3.16. The van der Waals surface area contributed by atoms with Gasteiger partial charge in [0.15, 0.2) is 11.6 Å². The van der Waals surface area contributed by atoms with E-state index in [9.17, 15) is 14.7 Å². The number of carbonyl (C=O) groups excluding carboxylic acids is 2. The summed E-state index contributed by atoms with van der Waals surface area (Å²) in [5.41, 5.74) is 1.34. The highest BCUT2D eigenvalue weighted by molar-refractivity contribution is 9.10. The van der Waals surface area contributed by atoms with Crippen LogP contribution in [0.1, 0.15) is 31.8 Å². The van der Waals surface area contributed by atoms with Gasteiger partial charge in [0.1, 0.15) is 5.75 Å². The number of carbonyl (C=O) groups is 2. The minimum absolute atomic E-state index is 0.0470. The molecule has 0 saturated carbocycles. The molecule has 0 spiro atoms. The van der Waals surface area contributed by atoms with Gasteiger partial charge in [-0.05, 0) is 28.1 Å². The van der Waals surface area contributed by atoms with E-state index in [-0.39, 0.29) is 27.4 Å². The van der Waals surface area contributed by atoms with Gasteiger partial charge in [-0.1, -0.05) is 24.3 Å². The first-order valence-corrected chi connectivity index (χ1v) is 6.10. The van der Waals surface area contributed by atoms with Crippen molar-refractivity contribution in [3.05, 3.63) is 63.1 Å². The van der Waals surface area contributed by atoms with Crippen molar-refractivity contribution >= 4 is 27.5 Å². The quantitative estimate of drug-likeness (QED) is 0.694. The fourth-order valence-electron chi connectivity index (χ4n) is 2.14. The average molecular weight is 303 g/mol. The number of hydrogen-bond acceptors (Lipinski definition) is 3. The van der Waals surface area contributed by atoms with Crippen molar-refractivity contribution in [1.29, 1.82) is 0 Å². The van der Waals surface area contributed by atoms with E-state index >= 15 is 0 Å². The molecule has 0 fully saturated rings. The topological polar surface area (TPSA) is 54.4 Å². The van der Waals surface area contributed by atoms with E-state index in [4.69, 9.17) is 0 Å². The third kappa shape index (κ3) is 1.36. The van der Waals surface area contributed by atoms with Gasteiger partial charge >= 0.3 is 0 Å². The van der Waals surface area contributed by atoms with Crippen LogP contribution in [0.2, 0.25) is 0 Å². The van der Waals surface area contributed by atoms with Crippen LogP contribution in [0.4, 0.5) is 0 Å². The molecule has 0 aromatic heterocycles. The minimum Gasteiger partial charge on any atom is -0.507 e. The number of halogens is 1. The second kappa shape index (κ2) is 3.78. The molecule has 0 bridgehead atoms. The molecule has 18 heavy (non-hydrogen) atoms. The Balaban J connectivity index is 2.38. The lowest BCUT2D eigenvalue weighted by Gasteiger charge is -2.18. The number of benzene rings is 2. The highest BCUT2D eigenvalue weighted by Gasteiger charge is 2.31. The third-order valence-corrected chi connectivity index (χ3v) is 3.81. The summed E-state index contributed by atoms with van der Waals surface area (Å²) in [6.07, 6.45) is 0. The van der Waals surface area contributed by atoms with E-state index in [1.165, 1.54) is 12.1 Å². The lowest BCUT2D eigenvalue weighted by Crippen LogP contribution is -2.21. The minimum atomic E-state index is -0.247. The number of rotatable bonds is 0. The van der Waals surface area contributed by atoms with Gasteiger partial charge in [-0.3, -0.25) is 9.59 Å². The predicted molar refractivity (Wildman–Crippen MR) is 69.1 cm³/mol. The maximum absolute atomic E-state index is 12.3. The lowest BCUT2D eigenvalue weighted by molar-refractivity contribution is 0.0978. The molecule has 4 heteroatoms. The van der Waals surface area contributed by atoms with Gasteiger partial charge in [0.05, 0.1) is 10.0 Å². The maximum Gasteiger partial charge on any atom is 0.195 e. The number of phenolic OH excluding ortho intramolecular Hbond substituents is 1. The Morgan fingerprint density at radius 2 is 1.44 bits per heavy atom. The summed E-state index contributed by atoms with van der Waals surface area (Å²) in [6, 6.07) is 9.58.